The lowest BCUT2D eigenvalue weighted by Gasteiger charge is -2.14. The Labute approximate surface area is 111 Å². The Hall–Kier alpha value is -2.31. The van der Waals surface area contributed by atoms with Crippen molar-refractivity contribution in [3.05, 3.63) is 17.8 Å². The largest absolute Gasteiger partial charge is 0.465 e. The van der Waals surface area contributed by atoms with Crippen LogP contribution in [0.5, 0.6) is 0 Å². The number of carbonyl (C=O) groups is 2. The van der Waals surface area contributed by atoms with Crippen LogP contribution < -0.4 is 16.4 Å². The van der Waals surface area contributed by atoms with Crippen molar-refractivity contribution >= 4 is 23.4 Å². The summed E-state index contributed by atoms with van der Waals surface area (Å²) in [5.74, 6) is -0.317. The van der Waals surface area contributed by atoms with E-state index >= 15 is 0 Å². The third-order valence-corrected chi connectivity index (χ3v) is 2.45. The Morgan fingerprint density at radius 2 is 2.21 bits per heavy atom. The molecular weight excluding hydrogens is 248 g/mol. The smallest absolute Gasteiger partial charge is 0.340 e. The van der Waals surface area contributed by atoms with Crippen molar-refractivity contribution in [1.29, 1.82) is 0 Å². The molecule has 0 spiro atoms. The van der Waals surface area contributed by atoms with Crippen LogP contribution in [-0.4, -0.2) is 36.6 Å². The molecule has 0 aliphatic carbocycles. The number of anilines is 2. The molecule has 1 rings (SSSR count). The highest BCUT2D eigenvalue weighted by molar-refractivity contribution is 5.95. The maximum absolute atomic E-state index is 11.6. The molecule has 0 aliphatic heterocycles. The number of nitrogens with zero attached hydrogens (tertiary/aromatic N) is 1. The molecule has 19 heavy (non-hydrogen) atoms. The van der Waals surface area contributed by atoms with Crippen LogP contribution in [0.3, 0.4) is 0 Å². The number of nitrogens with two attached hydrogens (primary N) is 1. The van der Waals surface area contributed by atoms with Gasteiger partial charge in [0.25, 0.3) is 0 Å². The molecule has 4 N–H and O–H groups in total. The van der Waals surface area contributed by atoms with Crippen molar-refractivity contribution in [2.75, 3.05) is 24.7 Å². The number of esters is 1. The molecule has 104 valence electrons. The molecule has 0 saturated heterocycles. The monoisotopic (exact) mass is 266 g/mol. The van der Waals surface area contributed by atoms with Crippen molar-refractivity contribution in [1.82, 2.24) is 10.3 Å². The first-order valence-electron chi connectivity index (χ1n) is 5.87. The predicted octanol–water partition coefficient (Wildman–Crippen LogP) is 0.387. The van der Waals surface area contributed by atoms with Crippen LogP contribution in [0.4, 0.5) is 11.5 Å². The number of nitrogen functional groups attached to an aromatic ring is 1. The van der Waals surface area contributed by atoms with E-state index in [0.717, 1.165) is 0 Å². The van der Waals surface area contributed by atoms with Gasteiger partial charge in [-0.15, -0.1) is 0 Å². The molecule has 0 fully saturated rings. The maximum atomic E-state index is 11.6. The van der Waals surface area contributed by atoms with Gasteiger partial charge in [0.2, 0.25) is 5.91 Å². The number of nitrogens with one attached hydrogen (secondary N) is 2. The summed E-state index contributed by atoms with van der Waals surface area (Å²) < 4.78 is 4.61. The second-order valence-electron chi connectivity index (χ2n) is 3.91. The number of hydrogen-bond acceptors (Lipinski definition) is 6. The van der Waals surface area contributed by atoms with E-state index in [4.69, 9.17) is 5.73 Å². The quantitative estimate of drug-likeness (QED) is 0.665. The second kappa shape index (κ2) is 6.58. The molecule has 0 aromatic carbocycles. The number of aromatic nitrogens is 1. The van der Waals surface area contributed by atoms with Gasteiger partial charge in [-0.2, -0.15) is 0 Å². The first kappa shape index (κ1) is 14.7. The topological polar surface area (TPSA) is 106 Å². The molecule has 0 aliphatic rings. The maximum Gasteiger partial charge on any atom is 0.340 e. The normalized spacial score (nSPS) is 11.5. The number of ether oxygens (including phenoxy) is 1. The van der Waals surface area contributed by atoms with E-state index < -0.39 is 12.0 Å². The van der Waals surface area contributed by atoms with Gasteiger partial charge >= 0.3 is 5.97 Å². The third-order valence-electron chi connectivity index (χ3n) is 2.45. The number of rotatable bonds is 5. The van der Waals surface area contributed by atoms with Crippen LogP contribution in [0.1, 0.15) is 24.2 Å². The zero-order valence-corrected chi connectivity index (χ0v) is 11.2. The van der Waals surface area contributed by atoms with E-state index in [1.165, 1.54) is 19.4 Å². The fraction of sp³-hybridized carbons (Fsp3) is 0.417. The van der Waals surface area contributed by atoms with Gasteiger partial charge in [-0.1, -0.05) is 0 Å². The minimum absolute atomic E-state index is 0.152. The van der Waals surface area contributed by atoms with Crippen molar-refractivity contribution in [2.24, 2.45) is 0 Å². The molecule has 0 bridgehead atoms. The minimum atomic E-state index is -0.548. The zero-order valence-electron chi connectivity index (χ0n) is 11.2. The van der Waals surface area contributed by atoms with E-state index in [-0.39, 0.29) is 17.2 Å². The molecule has 0 radical (unpaired) electrons. The summed E-state index contributed by atoms with van der Waals surface area (Å²) in [5, 5.41) is 5.57. The lowest BCUT2D eigenvalue weighted by molar-refractivity contribution is -0.121. The average Bonchev–Trinajstić information content (AvgIpc) is 2.40. The SMILES string of the molecule is CCNC(=O)C(C)Nc1cc(C(=O)OC)c(N)cn1. The van der Waals surface area contributed by atoms with Crippen LogP contribution in [0.2, 0.25) is 0 Å². The van der Waals surface area contributed by atoms with E-state index in [2.05, 4.69) is 20.4 Å². The number of likely N-dealkylation sites (N-methyl/N-ethyl adjacent to an activating group) is 1. The first-order chi connectivity index (χ1) is 8.99. The van der Waals surface area contributed by atoms with Crippen molar-refractivity contribution in [3.63, 3.8) is 0 Å². The van der Waals surface area contributed by atoms with Gasteiger partial charge in [0.15, 0.2) is 0 Å². The van der Waals surface area contributed by atoms with Crippen LogP contribution in [0, 0.1) is 0 Å². The Morgan fingerprint density at radius 1 is 1.53 bits per heavy atom. The Balaban J connectivity index is 2.85. The summed E-state index contributed by atoms with van der Waals surface area (Å²) in [7, 11) is 1.27. The molecule has 1 aromatic rings. The van der Waals surface area contributed by atoms with Gasteiger partial charge in [0.05, 0.1) is 24.6 Å². The summed E-state index contributed by atoms with van der Waals surface area (Å²) in [6.45, 7) is 4.08. The summed E-state index contributed by atoms with van der Waals surface area (Å²) >= 11 is 0. The van der Waals surface area contributed by atoms with Gasteiger partial charge in [0.1, 0.15) is 11.9 Å². The fourth-order valence-corrected chi connectivity index (χ4v) is 1.45. The number of hydrogen-bond donors (Lipinski definition) is 3. The van der Waals surface area contributed by atoms with Gasteiger partial charge in [0, 0.05) is 6.54 Å². The minimum Gasteiger partial charge on any atom is -0.465 e. The predicted molar refractivity (Wildman–Crippen MR) is 71.8 cm³/mol. The first-order valence-corrected chi connectivity index (χ1v) is 5.87. The fourth-order valence-electron chi connectivity index (χ4n) is 1.45. The molecule has 0 saturated carbocycles. The van der Waals surface area contributed by atoms with Crippen LogP contribution in [-0.2, 0) is 9.53 Å². The van der Waals surface area contributed by atoms with E-state index in [1.807, 2.05) is 6.92 Å². The standard InChI is InChI=1S/C12H18N4O3/c1-4-14-11(17)7(2)16-10-5-8(12(18)19-3)9(13)6-15-10/h5-7H,4,13H2,1-3H3,(H,14,17)(H,15,16). The summed E-state index contributed by atoms with van der Waals surface area (Å²) in [5.41, 5.74) is 6.07. The molecule has 1 atom stereocenters. The van der Waals surface area contributed by atoms with Gasteiger partial charge < -0.3 is 21.1 Å². The van der Waals surface area contributed by atoms with E-state index in [9.17, 15) is 9.59 Å². The van der Waals surface area contributed by atoms with Crippen LogP contribution >= 0.6 is 0 Å². The van der Waals surface area contributed by atoms with Gasteiger partial charge in [-0.3, -0.25) is 4.79 Å². The highest BCUT2D eigenvalue weighted by atomic mass is 16.5. The number of amides is 1. The second-order valence-corrected chi connectivity index (χ2v) is 3.91. The lowest BCUT2D eigenvalue weighted by atomic mass is 10.2. The Kier molecular flexibility index (Phi) is 5.11. The third kappa shape index (κ3) is 3.84. The zero-order chi connectivity index (χ0) is 14.4. The van der Waals surface area contributed by atoms with Crippen LogP contribution in [0.25, 0.3) is 0 Å². The van der Waals surface area contributed by atoms with Crippen LogP contribution in [0.15, 0.2) is 12.3 Å². The molecule has 7 nitrogen and oxygen atoms in total. The van der Waals surface area contributed by atoms with Gasteiger partial charge in [-0.25, -0.2) is 9.78 Å². The lowest BCUT2D eigenvalue weighted by Crippen LogP contribution is -2.37. The number of carbonyl (C=O) groups excluding carboxylic acids is 2. The Bertz CT molecular complexity index is 476. The molecular formula is C12H18N4O3. The van der Waals surface area contributed by atoms with Crippen molar-refractivity contribution in [3.8, 4) is 0 Å². The molecule has 1 unspecified atom stereocenters. The average molecular weight is 266 g/mol. The molecule has 1 aromatic heterocycles. The molecule has 1 heterocycles. The highest BCUT2D eigenvalue weighted by Crippen LogP contribution is 2.16. The van der Waals surface area contributed by atoms with Crippen molar-refractivity contribution in [2.45, 2.75) is 19.9 Å². The molecule has 7 heteroatoms. The van der Waals surface area contributed by atoms with Crippen molar-refractivity contribution < 1.29 is 14.3 Å². The number of methoxy groups -OCH3 is 1. The summed E-state index contributed by atoms with van der Waals surface area (Å²) in [6.07, 6.45) is 1.35. The molecule has 1 amide bonds. The van der Waals surface area contributed by atoms with E-state index in [1.54, 1.807) is 6.92 Å². The highest BCUT2D eigenvalue weighted by Gasteiger charge is 2.15. The van der Waals surface area contributed by atoms with E-state index in [0.29, 0.717) is 12.4 Å². The Morgan fingerprint density at radius 3 is 2.79 bits per heavy atom. The number of pyridine rings is 1. The summed E-state index contributed by atoms with van der Waals surface area (Å²) in [6, 6.07) is 0.984. The van der Waals surface area contributed by atoms with Gasteiger partial charge in [-0.05, 0) is 19.9 Å². The summed E-state index contributed by atoms with van der Waals surface area (Å²) in [4.78, 5) is 27.1.